The van der Waals surface area contributed by atoms with E-state index in [-0.39, 0.29) is 12.4 Å². The Morgan fingerprint density at radius 1 is 1.00 bits per heavy atom. The second-order valence-corrected chi connectivity index (χ2v) is 4.46. The topological polar surface area (TPSA) is 35.5 Å². The molecule has 0 aromatic heterocycles. The highest BCUT2D eigenvalue weighted by atomic mass is 16.5. The number of carbonyl (C=O) groups is 1. The van der Waals surface area contributed by atoms with E-state index in [1.165, 1.54) is 0 Å². The first-order valence-electron chi connectivity index (χ1n) is 6.75. The van der Waals surface area contributed by atoms with Gasteiger partial charge in [0.1, 0.15) is 11.5 Å². The molecule has 2 rings (SSSR count). The Morgan fingerprint density at radius 2 is 1.75 bits per heavy atom. The number of ether oxygens (including phenoxy) is 2. The molecule has 2 aromatic carbocycles. The number of rotatable bonds is 6. The first-order valence-corrected chi connectivity index (χ1v) is 6.75. The highest BCUT2D eigenvalue weighted by Crippen LogP contribution is 2.22. The van der Waals surface area contributed by atoms with Crippen molar-refractivity contribution in [1.82, 2.24) is 0 Å². The molecule has 0 aliphatic carbocycles. The largest absolute Gasteiger partial charge is 0.465 e. The van der Waals surface area contributed by atoms with Gasteiger partial charge in [-0.15, -0.1) is 0 Å². The van der Waals surface area contributed by atoms with Crippen molar-refractivity contribution < 1.29 is 14.3 Å². The van der Waals surface area contributed by atoms with E-state index in [0.717, 1.165) is 23.5 Å². The highest BCUT2D eigenvalue weighted by molar-refractivity contribution is 5.72. The van der Waals surface area contributed by atoms with Gasteiger partial charge in [0.05, 0.1) is 13.0 Å². The molecule has 3 heteroatoms. The minimum Gasteiger partial charge on any atom is -0.465 e. The summed E-state index contributed by atoms with van der Waals surface area (Å²) in [5, 5.41) is 0. The van der Waals surface area contributed by atoms with Crippen molar-refractivity contribution in [2.45, 2.75) is 19.8 Å². The number of carbonyl (C=O) groups excluding carboxylic acids is 1. The third-order valence-electron chi connectivity index (χ3n) is 2.69. The molecule has 0 unspecified atom stereocenters. The summed E-state index contributed by atoms with van der Waals surface area (Å²) in [6.45, 7) is 2.45. The maximum absolute atomic E-state index is 11.6. The first-order chi connectivity index (χ1) is 9.78. The van der Waals surface area contributed by atoms with Crippen LogP contribution >= 0.6 is 0 Å². The Labute approximate surface area is 119 Å². The van der Waals surface area contributed by atoms with Crippen molar-refractivity contribution in [1.29, 1.82) is 0 Å². The number of esters is 1. The lowest BCUT2D eigenvalue weighted by molar-refractivity contribution is -0.142. The minimum atomic E-state index is -0.205. The van der Waals surface area contributed by atoms with E-state index in [2.05, 4.69) is 0 Å². The van der Waals surface area contributed by atoms with Crippen LogP contribution in [0.15, 0.2) is 54.6 Å². The monoisotopic (exact) mass is 270 g/mol. The van der Waals surface area contributed by atoms with Crippen LogP contribution in [0.25, 0.3) is 0 Å². The van der Waals surface area contributed by atoms with Crippen LogP contribution in [0.2, 0.25) is 0 Å². The zero-order valence-electron chi connectivity index (χ0n) is 11.5. The fraction of sp³-hybridized carbons (Fsp3) is 0.235. The van der Waals surface area contributed by atoms with Gasteiger partial charge in [-0.2, -0.15) is 0 Å². The fourth-order valence-corrected chi connectivity index (χ4v) is 1.78. The summed E-state index contributed by atoms with van der Waals surface area (Å²) < 4.78 is 10.8. The van der Waals surface area contributed by atoms with E-state index >= 15 is 0 Å². The van der Waals surface area contributed by atoms with Gasteiger partial charge in [-0.05, 0) is 36.2 Å². The first kappa shape index (κ1) is 14.1. The third-order valence-corrected chi connectivity index (χ3v) is 2.69. The van der Waals surface area contributed by atoms with Crippen molar-refractivity contribution in [3.8, 4) is 11.5 Å². The van der Waals surface area contributed by atoms with Gasteiger partial charge in [-0.1, -0.05) is 37.3 Å². The van der Waals surface area contributed by atoms with Crippen LogP contribution in [0.5, 0.6) is 11.5 Å². The molecule has 0 saturated heterocycles. The lowest BCUT2D eigenvalue weighted by atomic mass is 10.1. The Bertz CT molecular complexity index is 549. The molecular weight excluding hydrogens is 252 g/mol. The van der Waals surface area contributed by atoms with Gasteiger partial charge in [-0.3, -0.25) is 4.79 Å². The summed E-state index contributed by atoms with van der Waals surface area (Å²) >= 11 is 0. The average molecular weight is 270 g/mol. The molecule has 0 heterocycles. The van der Waals surface area contributed by atoms with E-state index < -0.39 is 0 Å². The molecule has 0 aliphatic heterocycles. The summed E-state index contributed by atoms with van der Waals surface area (Å²) in [5.74, 6) is 1.29. The second-order valence-electron chi connectivity index (χ2n) is 4.46. The molecule has 0 spiro atoms. The summed E-state index contributed by atoms with van der Waals surface area (Å²) in [4.78, 5) is 11.6. The number of hydrogen-bond donors (Lipinski definition) is 0. The van der Waals surface area contributed by atoms with E-state index in [1.807, 2.05) is 61.5 Å². The van der Waals surface area contributed by atoms with Gasteiger partial charge in [0, 0.05) is 0 Å². The van der Waals surface area contributed by atoms with E-state index in [4.69, 9.17) is 9.47 Å². The molecular formula is C17H18O3. The molecule has 104 valence electrons. The minimum absolute atomic E-state index is 0.205. The van der Waals surface area contributed by atoms with Crippen LogP contribution in [-0.4, -0.2) is 12.6 Å². The smallest absolute Gasteiger partial charge is 0.310 e. The molecule has 0 amide bonds. The molecule has 2 aromatic rings. The van der Waals surface area contributed by atoms with Crippen molar-refractivity contribution in [3.63, 3.8) is 0 Å². The molecule has 0 radical (unpaired) electrons. The average Bonchev–Trinajstić information content (AvgIpc) is 2.46. The molecule has 0 bridgehead atoms. The van der Waals surface area contributed by atoms with Crippen LogP contribution in [0, 0.1) is 0 Å². The number of para-hydroxylation sites is 1. The molecule has 20 heavy (non-hydrogen) atoms. The van der Waals surface area contributed by atoms with E-state index in [9.17, 15) is 4.79 Å². The molecule has 0 fully saturated rings. The Hall–Kier alpha value is -2.29. The van der Waals surface area contributed by atoms with Crippen LogP contribution in [0.3, 0.4) is 0 Å². The van der Waals surface area contributed by atoms with Crippen molar-refractivity contribution in [3.05, 3.63) is 60.2 Å². The van der Waals surface area contributed by atoms with Gasteiger partial charge >= 0.3 is 5.97 Å². The Kier molecular flexibility index (Phi) is 5.18. The Morgan fingerprint density at radius 3 is 2.50 bits per heavy atom. The van der Waals surface area contributed by atoms with Gasteiger partial charge in [0.25, 0.3) is 0 Å². The quantitative estimate of drug-likeness (QED) is 0.745. The zero-order valence-corrected chi connectivity index (χ0v) is 11.5. The van der Waals surface area contributed by atoms with Crippen LogP contribution < -0.4 is 4.74 Å². The van der Waals surface area contributed by atoms with E-state index in [1.54, 1.807) is 0 Å². The maximum Gasteiger partial charge on any atom is 0.310 e. The van der Waals surface area contributed by atoms with Crippen molar-refractivity contribution >= 4 is 5.97 Å². The normalized spacial score (nSPS) is 10.1. The summed E-state index contributed by atoms with van der Waals surface area (Å²) in [7, 11) is 0. The lowest BCUT2D eigenvalue weighted by Gasteiger charge is -2.07. The predicted octanol–water partition coefficient (Wildman–Crippen LogP) is 3.97. The summed E-state index contributed by atoms with van der Waals surface area (Å²) in [6, 6.07) is 17.1. The third kappa shape index (κ3) is 4.43. The maximum atomic E-state index is 11.6. The predicted molar refractivity (Wildman–Crippen MR) is 77.9 cm³/mol. The van der Waals surface area contributed by atoms with Gasteiger partial charge in [0.2, 0.25) is 0 Å². The molecule has 0 N–H and O–H groups in total. The molecule has 0 aliphatic rings. The second kappa shape index (κ2) is 7.34. The molecule has 0 atom stereocenters. The van der Waals surface area contributed by atoms with Gasteiger partial charge < -0.3 is 9.47 Å². The molecule has 0 saturated carbocycles. The van der Waals surface area contributed by atoms with E-state index in [0.29, 0.717) is 6.61 Å². The number of benzene rings is 2. The number of hydrogen-bond acceptors (Lipinski definition) is 3. The fourth-order valence-electron chi connectivity index (χ4n) is 1.78. The van der Waals surface area contributed by atoms with Gasteiger partial charge in [0.15, 0.2) is 0 Å². The van der Waals surface area contributed by atoms with Crippen molar-refractivity contribution in [2.24, 2.45) is 0 Å². The lowest BCUT2D eigenvalue weighted by Crippen LogP contribution is -2.08. The zero-order chi connectivity index (χ0) is 14.2. The standard InChI is InChI=1S/C17H18O3/c1-2-11-19-17(18)13-14-7-6-10-16(12-14)20-15-8-4-3-5-9-15/h3-10,12H,2,11,13H2,1H3. The van der Waals surface area contributed by atoms with Crippen LogP contribution in [0.4, 0.5) is 0 Å². The van der Waals surface area contributed by atoms with Crippen LogP contribution in [-0.2, 0) is 16.0 Å². The van der Waals surface area contributed by atoms with Gasteiger partial charge in [-0.25, -0.2) is 0 Å². The van der Waals surface area contributed by atoms with Crippen LogP contribution in [0.1, 0.15) is 18.9 Å². The molecule has 3 nitrogen and oxygen atoms in total. The SMILES string of the molecule is CCCOC(=O)Cc1cccc(Oc2ccccc2)c1. The van der Waals surface area contributed by atoms with Crippen molar-refractivity contribution in [2.75, 3.05) is 6.61 Å². The summed E-state index contributed by atoms with van der Waals surface area (Å²) in [6.07, 6.45) is 1.11. The highest BCUT2D eigenvalue weighted by Gasteiger charge is 2.05. The summed E-state index contributed by atoms with van der Waals surface area (Å²) in [5.41, 5.74) is 0.888. The Balaban J connectivity index is 1.99.